The Labute approximate surface area is 111 Å². The first kappa shape index (κ1) is 13.9. The largest absolute Gasteiger partial charge is 0.353 e. The lowest BCUT2D eigenvalue weighted by Gasteiger charge is -2.36. The fourth-order valence-corrected chi connectivity index (χ4v) is 3.32. The number of piperidine rings is 1. The van der Waals surface area contributed by atoms with E-state index in [1.54, 1.807) is 0 Å². The first-order chi connectivity index (χ1) is 8.64. The van der Waals surface area contributed by atoms with E-state index in [0.717, 1.165) is 31.8 Å². The molecule has 0 bridgehead atoms. The third-order valence-corrected chi connectivity index (χ3v) is 4.90. The van der Waals surface area contributed by atoms with E-state index < -0.39 is 0 Å². The van der Waals surface area contributed by atoms with Crippen molar-refractivity contribution in [2.24, 2.45) is 11.3 Å². The molecule has 0 aromatic rings. The summed E-state index contributed by atoms with van der Waals surface area (Å²) in [5, 5.41) is 6.64. The molecule has 3 nitrogen and oxygen atoms in total. The summed E-state index contributed by atoms with van der Waals surface area (Å²) < 4.78 is 0. The molecule has 1 saturated carbocycles. The van der Waals surface area contributed by atoms with Gasteiger partial charge in [0.2, 0.25) is 5.91 Å². The molecular formula is C15H28N2O. The van der Waals surface area contributed by atoms with Crippen LogP contribution in [0.1, 0.15) is 58.8 Å². The van der Waals surface area contributed by atoms with E-state index in [4.69, 9.17) is 0 Å². The van der Waals surface area contributed by atoms with Gasteiger partial charge in [-0.2, -0.15) is 0 Å². The first-order valence-corrected chi connectivity index (χ1v) is 7.66. The molecule has 0 radical (unpaired) electrons. The van der Waals surface area contributed by atoms with Crippen LogP contribution >= 0.6 is 0 Å². The van der Waals surface area contributed by atoms with E-state index in [9.17, 15) is 4.79 Å². The van der Waals surface area contributed by atoms with E-state index in [1.165, 1.54) is 32.1 Å². The molecule has 1 unspecified atom stereocenters. The average molecular weight is 252 g/mol. The molecule has 0 aromatic heterocycles. The Kier molecular flexibility index (Phi) is 4.66. The number of rotatable bonds is 3. The van der Waals surface area contributed by atoms with Gasteiger partial charge in [0.05, 0.1) is 5.41 Å². The monoisotopic (exact) mass is 252 g/mol. The van der Waals surface area contributed by atoms with Gasteiger partial charge in [-0.3, -0.25) is 4.79 Å². The fraction of sp³-hybridized carbons (Fsp3) is 0.933. The molecule has 1 atom stereocenters. The quantitative estimate of drug-likeness (QED) is 0.810. The predicted molar refractivity (Wildman–Crippen MR) is 74.4 cm³/mol. The maximum atomic E-state index is 12.4. The van der Waals surface area contributed by atoms with Crippen molar-refractivity contribution in [3.8, 4) is 0 Å². The van der Waals surface area contributed by atoms with E-state index in [0.29, 0.717) is 6.04 Å². The first-order valence-electron chi connectivity index (χ1n) is 7.66. The molecule has 0 aromatic carbocycles. The highest BCUT2D eigenvalue weighted by atomic mass is 16.2. The second-order valence-electron chi connectivity index (χ2n) is 6.44. The normalized spacial score (nSPS) is 37.2. The van der Waals surface area contributed by atoms with Crippen LogP contribution in [0.5, 0.6) is 0 Å². The van der Waals surface area contributed by atoms with Crippen molar-refractivity contribution >= 4 is 5.91 Å². The molecule has 3 heteroatoms. The van der Waals surface area contributed by atoms with Gasteiger partial charge in [-0.05, 0) is 57.9 Å². The van der Waals surface area contributed by atoms with Crippen molar-refractivity contribution in [3.63, 3.8) is 0 Å². The van der Waals surface area contributed by atoms with Crippen molar-refractivity contribution in [2.75, 3.05) is 13.1 Å². The molecule has 2 aliphatic rings. The van der Waals surface area contributed by atoms with Crippen LogP contribution in [0.2, 0.25) is 0 Å². The second-order valence-corrected chi connectivity index (χ2v) is 6.44. The lowest BCUT2D eigenvalue weighted by molar-refractivity contribution is -0.132. The number of hydrogen-bond acceptors (Lipinski definition) is 2. The fourth-order valence-electron chi connectivity index (χ4n) is 3.32. The summed E-state index contributed by atoms with van der Waals surface area (Å²) in [4.78, 5) is 12.4. The van der Waals surface area contributed by atoms with Gasteiger partial charge >= 0.3 is 0 Å². The summed E-state index contributed by atoms with van der Waals surface area (Å²) in [6.07, 6.45) is 8.36. The van der Waals surface area contributed by atoms with Crippen LogP contribution in [0.25, 0.3) is 0 Å². The Morgan fingerprint density at radius 2 is 2.06 bits per heavy atom. The van der Waals surface area contributed by atoms with Gasteiger partial charge in [-0.1, -0.05) is 13.3 Å². The number of amides is 1. The van der Waals surface area contributed by atoms with Gasteiger partial charge in [-0.15, -0.1) is 0 Å². The Morgan fingerprint density at radius 3 is 2.61 bits per heavy atom. The van der Waals surface area contributed by atoms with Crippen LogP contribution in [0, 0.1) is 11.3 Å². The van der Waals surface area contributed by atoms with Crippen LogP contribution in [0.3, 0.4) is 0 Å². The van der Waals surface area contributed by atoms with Crippen molar-refractivity contribution in [1.82, 2.24) is 10.6 Å². The molecular weight excluding hydrogens is 224 g/mol. The van der Waals surface area contributed by atoms with Crippen molar-refractivity contribution in [2.45, 2.75) is 64.8 Å². The van der Waals surface area contributed by atoms with Crippen molar-refractivity contribution in [3.05, 3.63) is 0 Å². The summed E-state index contributed by atoms with van der Waals surface area (Å²) in [5.74, 6) is 1.17. The van der Waals surface area contributed by atoms with E-state index in [2.05, 4.69) is 24.5 Å². The number of carbonyl (C=O) groups is 1. The molecule has 1 aliphatic heterocycles. The smallest absolute Gasteiger partial charge is 0.227 e. The molecule has 1 amide bonds. The van der Waals surface area contributed by atoms with E-state index in [1.807, 2.05) is 0 Å². The Morgan fingerprint density at radius 1 is 1.33 bits per heavy atom. The standard InChI is InChI=1S/C15H28N2O/c1-3-12-5-7-13(8-6-12)17-14(18)15(2)9-4-10-16-11-15/h12-13,16H,3-11H2,1-2H3,(H,17,18). The molecule has 2 N–H and O–H groups in total. The van der Waals surface area contributed by atoms with Crippen LogP contribution in [-0.4, -0.2) is 25.0 Å². The summed E-state index contributed by atoms with van der Waals surface area (Å²) in [6.45, 7) is 6.28. The lowest BCUT2D eigenvalue weighted by Crippen LogP contribution is -2.51. The van der Waals surface area contributed by atoms with Crippen LogP contribution in [0.4, 0.5) is 0 Å². The van der Waals surface area contributed by atoms with Crippen molar-refractivity contribution < 1.29 is 4.79 Å². The summed E-state index contributed by atoms with van der Waals surface area (Å²) >= 11 is 0. The zero-order valence-electron chi connectivity index (χ0n) is 11.9. The third kappa shape index (κ3) is 3.25. The minimum absolute atomic E-state index is 0.181. The minimum Gasteiger partial charge on any atom is -0.353 e. The molecule has 1 heterocycles. The maximum Gasteiger partial charge on any atom is 0.227 e. The van der Waals surface area contributed by atoms with Gasteiger partial charge in [-0.25, -0.2) is 0 Å². The topological polar surface area (TPSA) is 41.1 Å². The Bertz CT molecular complexity index is 276. The molecule has 18 heavy (non-hydrogen) atoms. The average Bonchev–Trinajstić information content (AvgIpc) is 2.40. The van der Waals surface area contributed by atoms with Gasteiger partial charge in [0.1, 0.15) is 0 Å². The van der Waals surface area contributed by atoms with Gasteiger partial charge < -0.3 is 10.6 Å². The van der Waals surface area contributed by atoms with Gasteiger partial charge in [0.15, 0.2) is 0 Å². The number of carbonyl (C=O) groups excluding carboxylic acids is 1. The third-order valence-electron chi connectivity index (χ3n) is 4.90. The molecule has 1 aliphatic carbocycles. The molecule has 2 fully saturated rings. The summed E-state index contributed by atoms with van der Waals surface area (Å²) in [5.41, 5.74) is -0.181. The Hall–Kier alpha value is -0.570. The minimum atomic E-state index is -0.181. The highest BCUT2D eigenvalue weighted by Crippen LogP contribution is 2.29. The van der Waals surface area contributed by atoms with Crippen LogP contribution in [0.15, 0.2) is 0 Å². The zero-order valence-corrected chi connectivity index (χ0v) is 11.9. The molecule has 104 valence electrons. The van der Waals surface area contributed by atoms with Crippen LogP contribution in [-0.2, 0) is 4.79 Å². The second kappa shape index (κ2) is 6.05. The van der Waals surface area contributed by atoms with Crippen LogP contribution < -0.4 is 10.6 Å². The maximum absolute atomic E-state index is 12.4. The highest BCUT2D eigenvalue weighted by molar-refractivity contribution is 5.82. The lowest BCUT2D eigenvalue weighted by atomic mass is 9.80. The predicted octanol–water partition coefficient (Wildman–Crippen LogP) is 2.46. The summed E-state index contributed by atoms with van der Waals surface area (Å²) in [7, 11) is 0. The highest BCUT2D eigenvalue weighted by Gasteiger charge is 2.36. The number of hydrogen-bond donors (Lipinski definition) is 2. The SMILES string of the molecule is CCC1CCC(NC(=O)C2(C)CCCNC2)CC1. The molecule has 1 saturated heterocycles. The molecule has 2 rings (SSSR count). The van der Waals surface area contributed by atoms with Gasteiger partial charge in [0.25, 0.3) is 0 Å². The zero-order chi connectivity index (χ0) is 13.0. The van der Waals surface area contributed by atoms with Crippen molar-refractivity contribution in [1.29, 1.82) is 0 Å². The van der Waals surface area contributed by atoms with Gasteiger partial charge in [0, 0.05) is 12.6 Å². The van der Waals surface area contributed by atoms with E-state index >= 15 is 0 Å². The summed E-state index contributed by atoms with van der Waals surface area (Å²) in [6, 6.07) is 0.430. The Balaban J connectivity index is 1.80. The number of nitrogens with one attached hydrogen (secondary N) is 2. The molecule has 0 spiro atoms. The van der Waals surface area contributed by atoms with E-state index in [-0.39, 0.29) is 11.3 Å².